The van der Waals surface area contributed by atoms with Crippen LogP contribution in [0.15, 0.2) is 36.9 Å². The third-order valence-electron chi connectivity index (χ3n) is 4.39. The van der Waals surface area contributed by atoms with Crippen molar-refractivity contribution < 1.29 is 19.1 Å². The minimum atomic E-state index is -1.12. The van der Waals surface area contributed by atoms with Gasteiger partial charge in [0.15, 0.2) is 5.72 Å². The number of esters is 1. The molecule has 1 N–H and O–H groups in total. The van der Waals surface area contributed by atoms with Crippen molar-refractivity contribution in [2.75, 3.05) is 13.2 Å². The molecule has 0 unspecified atom stereocenters. The summed E-state index contributed by atoms with van der Waals surface area (Å²) in [6.07, 6.45) is 1.61. The fourth-order valence-corrected chi connectivity index (χ4v) is 3.38. The number of amides is 2. The predicted molar refractivity (Wildman–Crippen MR) is 83.8 cm³/mol. The molecule has 2 heterocycles. The fourth-order valence-electron chi connectivity index (χ4n) is 3.38. The number of benzene rings is 1. The number of carbonyl (C=O) groups is 2. The highest BCUT2D eigenvalue weighted by Gasteiger charge is 2.60. The second-order valence-corrected chi connectivity index (χ2v) is 5.75. The monoisotopic (exact) mass is 316 g/mol. The van der Waals surface area contributed by atoms with Gasteiger partial charge in [0.2, 0.25) is 0 Å². The summed E-state index contributed by atoms with van der Waals surface area (Å²) in [6, 6.07) is 6.66. The highest BCUT2D eigenvalue weighted by atomic mass is 16.5. The molecule has 6 nitrogen and oxygen atoms in total. The van der Waals surface area contributed by atoms with E-state index in [1.54, 1.807) is 19.9 Å². The number of urea groups is 1. The quantitative estimate of drug-likeness (QED) is 0.683. The number of hydrogen-bond acceptors (Lipinski definition) is 4. The second kappa shape index (κ2) is 5.61. The molecule has 23 heavy (non-hydrogen) atoms. The Morgan fingerprint density at radius 1 is 1.52 bits per heavy atom. The zero-order valence-electron chi connectivity index (χ0n) is 13.2. The first kappa shape index (κ1) is 15.4. The molecule has 0 aliphatic carbocycles. The summed E-state index contributed by atoms with van der Waals surface area (Å²) in [7, 11) is 0. The van der Waals surface area contributed by atoms with Gasteiger partial charge in [-0.15, -0.1) is 6.58 Å². The summed E-state index contributed by atoms with van der Waals surface area (Å²) in [5.74, 6) is -0.381. The Balaban J connectivity index is 2.13. The molecule has 1 aromatic rings. The van der Waals surface area contributed by atoms with Gasteiger partial charge in [0.25, 0.3) is 0 Å². The van der Waals surface area contributed by atoms with Gasteiger partial charge in [-0.3, -0.25) is 9.69 Å². The number of ether oxygens (including phenoxy) is 2. The molecular weight excluding hydrogens is 296 g/mol. The zero-order valence-corrected chi connectivity index (χ0v) is 13.2. The number of para-hydroxylation sites is 1. The van der Waals surface area contributed by atoms with Crippen molar-refractivity contribution in [3.63, 3.8) is 0 Å². The number of carbonyl (C=O) groups excluding carboxylic acids is 2. The Morgan fingerprint density at radius 3 is 2.96 bits per heavy atom. The molecule has 0 spiro atoms. The maximum absolute atomic E-state index is 12.6. The number of nitrogens with zero attached hydrogens (tertiary/aromatic N) is 1. The SMILES string of the molecule is C=CCN1C(=O)N[C@@H]2c3ccccc3O[C@@]1(C)[C@@H]2C(=O)OCC. The molecule has 1 aromatic carbocycles. The lowest BCUT2D eigenvalue weighted by Gasteiger charge is -2.54. The molecule has 6 heteroatoms. The summed E-state index contributed by atoms with van der Waals surface area (Å²) in [6.45, 7) is 7.73. The topological polar surface area (TPSA) is 67.9 Å². The van der Waals surface area contributed by atoms with Crippen LogP contribution in [-0.4, -0.2) is 35.8 Å². The molecule has 0 radical (unpaired) electrons. The smallest absolute Gasteiger partial charge is 0.321 e. The highest BCUT2D eigenvalue weighted by molar-refractivity contribution is 5.84. The molecule has 2 amide bonds. The van der Waals surface area contributed by atoms with Crippen molar-refractivity contribution in [1.82, 2.24) is 10.2 Å². The Morgan fingerprint density at radius 2 is 2.26 bits per heavy atom. The van der Waals surface area contributed by atoms with E-state index >= 15 is 0 Å². The van der Waals surface area contributed by atoms with Gasteiger partial charge in [0.1, 0.15) is 11.7 Å². The summed E-state index contributed by atoms with van der Waals surface area (Å²) < 4.78 is 11.4. The molecular formula is C17H20N2O4. The maximum atomic E-state index is 12.6. The molecule has 2 aliphatic heterocycles. The van der Waals surface area contributed by atoms with Crippen LogP contribution >= 0.6 is 0 Å². The summed E-state index contributed by atoms with van der Waals surface area (Å²) in [5, 5.41) is 2.91. The lowest BCUT2D eigenvalue weighted by atomic mass is 9.79. The molecule has 3 atom stereocenters. The van der Waals surface area contributed by atoms with Gasteiger partial charge in [-0.05, 0) is 19.9 Å². The second-order valence-electron chi connectivity index (χ2n) is 5.75. The Labute approximate surface area is 135 Å². The van der Waals surface area contributed by atoms with Crippen molar-refractivity contribution in [3.8, 4) is 5.75 Å². The number of rotatable bonds is 4. The molecule has 1 fully saturated rings. The Kier molecular flexibility index (Phi) is 3.75. The van der Waals surface area contributed by atoms with Gasteiger partial charge in [0, 0.05) is 12.1 Å². The van der Waals surface area contributed by atoms with Crippen LogP contribution in [0.5, 0.6) is 5.75 Å². The first-order valence-electron chi connectivity index (χ1n) is 7.66. The molecule has 2 aliphatic rings. The standard InChI is InChI=1S/C17H20N2O4/c1-4-10-19-16(21)18-14-11-8-6-7-9-12(11)23-17(19,3)13(14)15(20)22-5-2/h4,6-9,13-14H,1,5,10H2,2-3H3,(H,18,21)/t13-,14+,17-/m0/s1. The fraction of sp³-hybridized carbons (Fsp3) is 0.412. The van der Waals surface area contributed by atoms with E-state index in [1.165, 1.54) is 4.90 Å². The predicted octanol–water partition coefficient (Wildman–Crippen LogP) is 2.23. The molecule has 2 bridgehead atoms. The van der Waals surface area contributed by atoms with E-state index in [0.717, 1.165) is 5.56 Å². The van der Waals surface area contributed by atoms with Crippen LogP contribution in [0.25, 0.3) is 0 Å². The van der Waals surface area contributed by atoms with E-state index in [2.05, 4.69) is 11.9 Å². The molecule has 0 saturated carbocycles. The minimum Gasteiger partial charge on any atom is -0.467 e. The van der Waals surface area contributed by atoms with E-state index in [0.29, 0.717) is 5.75 Å². The summed E-state index contributed by atoms with van der Waals surface area (Å²) >= 11 is 0. The average Bonchev–Trinajstić information content (AvgIpc) is 2.51. The summed E-state index contributed by atoms with van der Waals surface area (Å²) in [5.41, 5.74) is -0.337. The largest absolute Gasteiger partial charge is 0.467 e. The van der Waals surface area contributed by atoms with E-state index in [9.17, 15) is 9.59 Å². The van der Waals surface area contributed by atoms with Gasteiger partial charge in [-0.2, -0.15) is 0 Å². The van der Waals surface area contributed by atoms with Crippen LogP contribution in [0.4, 0.5) is 4.79 Å². The van der Waals surface area contributed by atoms with E-state index in [1.807, 2.05) is 24.3 Å². The summed E-state index contributed by atoms with van der Waals surface area (Å²) in [4.78, 5) is 26.5. The first-order valence-corrected chi connectivity index (χ1v) is 7.66. The number of fused-ring (bicyclic) bond motifs is 4. The van der Waals surface area contributed by atoms with Crippen LogP contribution in [0, 0.1) is 5.92 Å². The lowest BCUT2D eigenvalue weighted by molar-refractivity contribution is -0.177. The van der Waals surface area contributed by atoms with Crippen LogP contribution in [0.2, 0.25) is 0 Å². The van der Waals surface area contributed by atoms with Crippen molar-refractivity contribution in [2.24, 2.45) is 5.92 Å². The Hall–Kier alpha value is -2.50. The van der Waals surface area contributed by atoms with Gasteiger partial charge < -0.3 is 14.8 Å². The maximum Gasteiger partial charge on any atom is 0.321 e. The van der Waals surface area contributed by atoms with Gasteiger partial charge in [-0.1, -0.05) is 24.3 Å². The molecule has 1 saturated heterocycles. The van der Waals surface area contributed by atoms with E-state index in [4.69, 9.17) is 9.47 Å². The van der Waals surface area contributed by atoms with Crippen LogP contribution in [0.1, 0.15) is 25.5 Å². The van der Waals surface area contributed by atoms with E-state index < -0.39 is 17.7 Å². The van der Waals surface area contributed by atoms with E-state index in [-0.39, 0.29) is 25.2 Å². The zero-order chi connectivity index (χ0) is 16.6. The number of hydrogen-bond donors (Lipinski definition) is 1. The molecule has 3 rings (SSSR count). The first-order chi connectivity index (χ1) is 11.0. The van der Waals surface area contributed by atoms with Crippen molar-refractivity contribution >= 4 is 12.0 Å². The third kappa shape index (κ3) is 2.25. The normalized spacial score (nSPS) is 28.3. The Bertz CT molecular complexity index is 660. The van der Waals surface area contributed by atoms with Crippen molar-refractivity contribution in [3.05, 3.63) is 42.5 Å². The minimum absolute atomic E-state index is 0.271. The average molecular weight is 316 g/mol. The van der Waals surface area contributed by atoms with Crippen LogP contribution in [0.3, 0.4) is 0 Å². The number of nitrogens with one attached hydrogen (secondary N) is 1. The van der Waals surface area contributed by atoms with Gasteiger partial charge >= 0.3 is 12.0 Å². The third-order valence-corrected chi connectivity index (χ3v) is 4.39. The van der Waals surface area contributed by atoms with Gasteiger partial charge in [-0.25, -0.2) is 4.79 Å². The van der Waals surface area contributed by atoms with Crippen molar-refractivity contribution in [1.29, 1.82) is 0 Å². The van der Waals surface area contributed by atoms with Gasteiger partial charge in [0.05, 0.1) is 12.6 Å². The highest BCUT2D eigenvalue weighted by Crippen LogP contribution is 2.48. The molecule has 0 aromatic heterocycles. The van der Waals surface area contributed by atoms with Crippen molar-refractivity contribution in [2.45, 2.75) is 25.6 Å². The van der Waals surface area contributed by atoms with Crippen LogP contribution in [-0.2, 0) is 9.53 Å². The van der Waals surface area contributed by atoms with Crippen LogP contribution < -0.4 is 10.1 Å². The lowest BCUT2D eigenvalue weighted by Crippen LogP contribution is -2.71. The molecule has 122 valence electrons.